The molecule has 2 rings (SSSR count). The average molecular weight is 108 g/mol. The molecule has 0 unspecified atom stereocenters. The normalized spacial score (nSPS) is 31.8. The molecule has 0 amide bonds. The minimum absolute atomic E-state index is 0.817. The van der Waals surface area contributed by atoms with Gasteiger partial charge < -0.3 is 0 Å². The number of hydrogen-bond donors (Lipinski definition) is 0. The van der Waals surface area contributed by atoms with Gasteiger partial charge in [-0.2, -0.15) is 0 Å². The van der Waals surface area contributed by atoms with E-state index in [-0.39, 0.29) is 0 Å². The number of rotatable bonds is 0. The van der Waals surface area contributed by atoms with Gasteiger partial charge in [-0.1, -0.05) is 12.2 Å². The predicted molar refractivity (Wildman–Crippen MR) is 34.7 cm³/mol. The summed E-state index contributed by atoms with van der Waals surface area (Å²) >= 11 is 0. The van der Waals surface area contributed by atoms with E-state index >= 15 is 0 Å². The predicted octanol–water partition coefficient (Wildman–Crippen LogP) is 2.51. The van der Waals surface area contributed by atoms with Gasteiger partial charge in [0.05, 0.1) is 0 Å². The molecule has 8 heavy (non-hydrogen) atoms. The van der Waals surface area contributed by atoms with Crippen molar-refractivity contribution in [2.24, 2.45) is 5.41 Å². The maximum absolute atomic E-state index is 3.99. The third-order valence-electron chi connectivity index (χ3n) is 2.59. The first-order chi connectivity index (χ1) is 3.81. The Balaban J connectivity index is 2.13. The topological polar surface area (TPSA) is 0 Å². The van der Waals surface area contributed by atoms with Crippen LogP contribution in [0.3, 0.4) is 0 Å². The minimum Gasteiger partial charge on any atom is -0.0998 e. The molecule has 1 spiro atoms. The first kappa shape index (κ1) is 4.60. The highest BCUT2D eigenvalue weighted by molar-refractivity contribution is 5.13. The van der Waals surface area contributed by atoms with E-state index in [9.17, 15) is 0 Å². The van der Waals surface area contributed by atoms with Crippen LogP contribution in [0.1, 0.15) is 32.1 Å². The molecular weight excluding hydrogens is 96.1 g/mol. The standard InChI is InChI=1S/C8H12/c1-7-2-3-8(6-7)4-5-8/h1-6H2. The zero-order valence-electron chi connectivity index (χ0n) is 5.24. The maximum atomic E-state index is 3.99. The quantitative estimate of drug-likeness (QED) is 0.418. The number of allylic oxidation sites excluding steroid dienone is 1. The highest BCUT2D eigenvalue weighted by atomic mass is 14.5. The highest BCUT2D eigenvalue weighted by Crippen LogP contribution is 2.58. The lowest BCUT2D eigenvalue weighted by Gasteiger charge is -1.98. The van der Waals surface area contributed by atoms with Crippen LogP contribution < -0.4 is 0 Å². The van der Waals surface area contributed by atoms with E-state index < -0.39 is 0 Å². The van der Waals surface area contributed by atoms with Crippen molar-refractivity contribution in [2.45, 2.75) is 32.1 Å². The molecule has 0 N–H and O–H groups in total. The van der Waals surface area contributed by atoms with E-state index in [0.717, 1.165) is 5.41 Å². The number of hydrogen-bond acceptors (Lipinski definition) is 0. The van der Waals surface area contributed by atoms with Gasteiger partial charge in [0.15, 0.2) is 0 Å². The van der Waals surface area contributed by atoms with Crippen LogP contribution >= 0.6 is 0 Å². The minimum atomic E-state index is 0.817. The second kappa shape index (κ2) is 1.18. The van der Waals surface area contributed by atoms with Gasteiger partial charge in [-0.15, -0.1) is 0 Å². The maximum Gasteiger partial charge on any atom is -0.0257 e. The summed E-state index contributed by atoms with van der Waals surface area (Å²) in [4.78, 5) is 0. The summed E-state index contributed by atoms with van der Waals surface area (Å²) in [5, 5.41) is 0. The monoisotopic (exact) mass is 108 g/mol. The van der Waals surface area contributed by atoms with Gasteiger partial charge in [0, 0.05) is 0 Å². The Labute approximate surface area is 50.6 Å². The Morgan fingerprint density at radius 2 is 2.00 bits per heavy atom. The Bertz CT molecular complexity index is 129. The molecule has 0 heterocycles. The Hall–Kier alpha value is -0.260. The lowest BCUT2D eigenvalue weighted by molar-refractivity contribution is 0.543. The summed E-state index contributed by atoms with van der Waals surface area (Å²) in [6.45, 7) is 3.99. The molecule has 0 aromatic heterocycles. The molecule has 0 aromatic carbocycles. The summed E-state index contributed by atoms with van der Waals surface area (Å²) < 4.78 is 0. The molecule has 0 aliphatic heterocycles. The van der Waals surface area contributed by atoms with Gasteiger partial charge >= 0.3 is 0 Å². The van der Waals surface area contributed by atoms with Gasteiger partial charge in [-0.3, -0.25) is 0 Å². The lowest BCUT2D eigenvalue weighted by atomic mass is 10.1. The molecule has 2 aliphatic rings. The molecule has 0 radical (unpaired) electrons. The first-order valence-corrected chi connectivity index (χ1v) is 3.47. The average Bonchev–Trinajstić information content (AvgIpc) is 2.34. The van der Waals surface area contributed by atoms with Crippen molar-refractivity contribution >= 4 is 0 Å². The SMILES string of the molecule is C=C1CCC2(CC2)C1. The Morgan fingerprint density at radius 1 is 1.25 bits per heavy atom. The molecule has 0 saturated heterocycles. The molecule has 2 fully saturated rings. The van der Waals surface area contributed by atoms with Gasteiger partial charge in [-0.05, 0) is 37.5 Å². The molecule has 0 atom stereocenters. The summed E-state index contributed by atoms with van der Waals surface area (Å²) in [5.74, 6) is 0. The van der Waals surface area contributed by atoms with Crippen molar-refractivity contribution in [1.82, 2.24) is 0 Å². The third kappa shape index (κ3) is 0.521. The first-order valence-electron chi connectivity index (χ1n) is 3.47. The van der Waals surface area contributed by atoms with E-state index in [2.05, 4.69) is 6.58 Å². The fourth-order valence-electron chi connectivity index (χ4n) is 1.75. The molecule has 44 valence electrons. The van der Waals surface area contributed by atoms with Gasteiger partial charge in [0.25, 0.3) is 0 Å². The van der Waals surface area contributed by atoms with Gasteiger partial charge in [0.1, 0.15) is 0 Å². The summed E-state index contributed by atoms with van der Waals surface area (Å²) in [7, 11) is 0. The van der Waals surface area contributed by atoms with Crippen molar-refractivity contribution in [1.29, 1.82) is 0 Å². The molecule has 0 aromatic rings. The summed E-state index contributed by atoms with van der Waals surface area (Å²) in [6, 6.07) is 0. The van der Waals surface area contributed by atoms with E-state index in [0.29, 0.717) is 0 Å². The lowest BCUT2D eigenvalue weighted by Crippen LogP contribution is -1.87. The summed E-state index contributed by atoms with van der Waals surface area (Å²) in [6.07, 6.45) is 7.11. The molecular formula is C8H12. The zero-order valence-corrected chi connectivity index (χ0v) is 5.24. The van der Waals surface area contributed by atoms with E-state index in [1.165, 1.54) is 37.7 Å². The largest absolute Gasteiger partial charge is 0.0998 e. The van der Waals surface area contributed by atoms with Crippen LogP contribution in [0.15, 0.2) is 12.2 Å². The van der Waals surface area contributed by atoms with Crippen LogP contribution in [-0.2, 0) is 0 Å². The third-order valence-corrected chi connectivity index (χ3v) is 2.59. The van der Waals surface area contributed by atoms with Crippen LogP contribution in [0.5, 0.6) is 0 Å². The van der Waals surface area contributed by atoms with Crippen LogP contribution in [0.25, 0.3) is 0 Å². The van der Waals surface area contributed by atoms with E-state index in [4.69, 9.17) is 0 Å². The molecule has 0 heteroatoms. The molecule has 2 aliphatic carbocycles. The Kier molecular flexibility index (Phi) is 0.677. The van der Waals surface area contributed by atoms with Crippen molar-refractivity contribution in [2.75, 3.05) is 0 Å². The van der Waals surface area contributed by atoms with Crippen molar-refractivity contribution in [3.05, 3.63) is 12.2 Å². The zero-order chi connectivity index (χ0) is 5.61. The van der Waals surface area contributed by atoms with Crippen LogP contribution in [0, 0.1) is 5.41 Å². The molecule has 0 nitrogen and oxygen atoms in total. The van der Waals surface area contributed by atoms with Crippen LogP contribution in [-0.4, -0.2) is 0 Å². The van der Waals surface area contributed by atoms with E-state index in [1.807, 2.05) is 0 Å². The van der Waals surface area contributed by atoms with Gasteiger partial charge in [0.2, 0.25) is 0 Å². The van der Waals surface area contributed by atoms with Crippen molar-refractivity contribution in [3.8, 4) is 0 Å². The van der Waals surface area contributed by atoms with Crippen LogP contribution in [0.2, 0.25) is 0 Å². The van der Waals surface area contributed by atoms with Crippen molar-refractivity contribution < 1.29 is 0 Å². The smallest absolute Gasteiger partial charge is 0.0257 e. The highest BCUT2D eigenvalue weighted by Gasteiger charge is 2.45. The van der Waals surface area contributed by atoms with Crippen molar-refractivity contribution in [3.63, 3.8) is 0 Å². The second-order valence-corrected chi connectivity index (χ2v) is 3.43. The molecule has 0 bridgehead atoms. The fourth-order valence-corrected chi connectivity index (χ4v) is 1.75. The molecule has 2 saturated carbocycles. The second-order valence-electron chi connectivity index (χ2n) is 3.43. The Morgan fingerprint density at radius 3 is 2.25 bits per heavy atom. The van der Waals surface area contributed by atoms with Gasteiger partial charge in [-0.25, -0.2) is 0 Å². The van der Waals surface area contributed by atoms with E-state index in [1.54, 1.807) is 0 Å². The summed E-state index contributed by atoms with van der Waals surface area (Å²) in [5.41, 5.74) is 2.32. The van der Waals surface area contributed by atoms with Crippen LogP contribution in [0.4, 0.5) is 0 Å². The fraction of sp³-hybridized carbons (Fsp3) is 0.750.